The zero-order valence-electron chi connectivity index (χ0n) is 16.4. The molecule has 0 atom stereocenters. The molecule has 1 saturated heterocycles. The van der Waals surface area contributed by atoms with E-state index < -0.39 is 0 Å². The number of anilines is 2. The highest BCUT2D eigenvalue weighted by Crippen LogP contribution is 2.44. The lowest BCUT2D eigenvalue weighted by molar-refractivity contribution is -0.384. The summed E-state index contributed by atoms with van der Waals surface area (Å²) in [6, 6.07) is 15.9. The van der Waals surface area contributed by atoms with Gasteiger partial charge in [0.2, 0.25) is 0 Å². The van der Waals surface area contributed by atoms with Crippen molar-refractivity contribution in [1.82, 2.24) is 4.90 Å². The molecule has 148 valence electrons. The van der Waals surface area contributed by atoms with Gasteiger partial charge in [0.15, 0.2) is 0 Å². The van der Waals surface area contributed by atoms with Crippen molar-refractivity contribution in [3.8, 4) is 0 Å². The van der Waals surface area contributed by atoms with Gasteiger partial charge in [-0.05, 0) is 37.6 Å². The van der Waals surface area contributed by atoms with E-state index in [9.17, 15) is 10.1 Å². The van der Waals surface area contributed by atoms with Crippen LogP contribution >= 0.6 is 0 Å². The van der Waals surface area contributed by atoms with E-state index in [0.717, 1.165) is 57.5 Å². The van der Waals surface area contributed by atoms with Crippen molar-refractivity contribution in [1.29, 1.82) is 0 Å². The minimum absolute atomic E-state index is 0.153. The van der Waals surface area contributed by atoms with E-state index in [4.69, 9.17) is 0 Å². The SMILES string of the molecule is CN1CCN(c2ccc([N+](=O)[O-])c(NC3(c4ccccc4)CCCC3)c2)CC1. The molecule has 0 spiro atoms. The lowest BCUT2D eigenvalue weighted by atomic mass is 9.87. The summed E-state index contributed by atoms with van der Waals surface area (Å²) in [6.45, 7) is 3.90. The standard InChI is InChI=1S/C22H28N4O2/c1-24-13-15-25(16-14-24)19-9-10-21(26(27)28)20(17-19)23-22(11-5-6-12-22)18-7-3-2-4-8-18/h2-4,7-10,17,23H,5-6,11-16H2,1H3. The molecular weight excluding hydrogens is 352 g/mol. The van der Waals surface area contributed by atoms with Crippen LogP contribution in [0.1, 0.15) is 31.2 Å². The third-order valence-corrected chi connectivity index (χ3v) is 6.20. The smallest absolute Gasteiger partial charge is 0.292 e. The first-order valence-electron chi connectivity index (χ1n) is 10.1. The molecule has 1 heterocycles. The molecule has 0 aromatic heterocycles. The Balaban J connectivity index is 1.68. The normalized spacial score (nSPS) is 19.5. The molecule has 1 aliphatic carbocycles. The van der Waals surface area contributed by atoms with E-state index in [2.05, 4.69) is 34.3 Å². The van der Waals surface area contributed by atoms with Gasteiger partial charge < -0.3 is 15.1 Å². The highest BCUT2D eigenvalue weighted by molar-refractivity contribution is 5.70. The Kier molecular flexibility index (Phi) is 5.22. The van der Waals surface area contributed by atoms with Gasteiger partial charge in [0.05, 0.1) is 10.5 Å². The fourth-order valence-electron chi connectivity index (χ4n) is 4.52. The lowest BCUT2D eigenvalue weighted by Gasteiger charge is -2.35. The highest BCUT2D eigenvalue weighted by atomic mass is 16.6. The fraction of sp³-hybridized carbons (Fsp3) is 0.455. The van der Waals surface area contributed by atoms with Gasteiger partial charge >= 0.3 is 0 Å². The number of benzene rings is 2. The Hall–Kier alpha value is -2.60. The van der Waals surface area contributed by atoms with Gasteiger partial charge in [-0.25, -0.2) is 0 Å². The molecule has 6 heteroatoms. The van der Waals surface area contributed by atoms with Crippen LogP contribution < -0.4 is 10.2 Å². The first-order valence-corrected chi connectivity index (χ1v) is 10.1. The van der Waals surface area contributed by atoms with Crippen molar-refractivity contribution in [2.45, 2.75) is 31.2 Å². The molecule has 1 N–H and O–H groups in total. The van der Waals surface area contributed by atoms with Gasteiger partial charge in [-0.1, -0.05) is 43.2 Å². The molecule has 1 saturated carbocycles. The highest BCUT2D eigenvalue weighted by Gasteiger charge is 2.37. The van der Waals surface area contributed by atoms with Crippen LogP contribution in [0.5, 0.6) is 0 Å². The number of nitrogens with zero attached hydrogens (tertiary/aromatic N) is 3. The molecule has 2 aliphatic rings. The number of rotatable bonds is 5. The summed E-state index contributed by atoms with van der Waals surface area (Å²) in [5.74, 6) is 0. The van der Waals surface area contributed by atoms with Gasteiger partial charge in [0.25, 0.3) is 5.69 Å². The molecule has 0 radical (unpaired) electrons. The maximum atomic E-state index is 11.7. The summed E-state index contributed by atoms with van der Waals surface area (Å²) in [7, 11) is 2.13. The van der Waals surface area contributed by atoms with Gasteiger partial charge in [0.1, 0.15) is 5.69 Å². The minimum atomic E-state index is -0.274. The number of nitrogens with one attached hydrogen (secondary N) is 1. The predicted molar refractivity (Wildman–Crippen MR) is 113 cm³/mol. The Morgan fingerprint density at radius 2 is 1.68 bits per heavy atom. The van der Waals surface area contributed by atoms with Gasteiger partial charge in [-0.15, -0.1) is 0 Å². The average Bonchev–Trinajstić information content (AvgIpc) is 3.19. The van der Waals surface area contributed by atoms with Crippen LogP contribution in [0, 0.1) is 10.1 Å². The van der Waals surface area contributed by atoms with Crippen molar-refractivity contribution in [3.63, 3.8) is 0 Å². The zero-order valence-corrected chi connectivity index (χ0v) is 16.4. The molecular formula is C22H28N4O2. The second-order valence-corrected chi connectivity index (χ2v) is 8.03. The van der Waals surface area contributed by atoms with E-state index in [1.54, 1.807) is 6.07 Å². The number of hydrogen-bond acceptors (Lipinski definition) is 5. The lowest BCUT2D eigenvalue weighted by Crippen LogP contribution is -2.44. The number of nitro benzene ring substituents is 1. The van der Waals surface area contributed by atoms with Gasteiger partial charge in [-0.2, -0.15) is 0 Å². The van der Waals surface area contributed by atoms with E-state index in [1.165, 1.54) is 5.56 Å². The van der Waals surface area contributed by atoms with Crippen LogP contribution in [0.25, 0.3) is 0 Å². The van der Waals surface area contributed by atoms with Crippen LogP contribution in [0.2, 0.25) is 0 Å². The third-order valence-electron chi connectivity index (χ3n) is 6.20. The van der Waals surface area contributed by atoms with Crippen molar-refractivity contribution in [2.75, 3.05) is 43.4 Å². The second-order valence-electron chi connectivity index (χ2n) is 8.03. The number of nitro groups is 1. The Labute approximate surface area is 166 Å². The van der Waals surface area contributed by atoms with Crippen molar-refractivity contribution in [2.24, 2.45) is 0 Å². The van der Waals surface area contributed by atoms with Crippen molar-refractivity contribution < 1.29 is 4.92 Å². The Bertz CT molecular complexity index is 826. The summed E-state index contributed by atoms with van der Waals surface area (Å²) < 4.78 is 0. The molecule has 0 bridgehead atoms. The average molecular weight is 380 g/mol. The molecule has 2 aromatic rings. The van der Waals surface area contributed by atoms with E-state index >= 15 is 0 Å². The summed E-state index contributed by atoms with van der Waals surface area (Å²) in [5.41, 5.74) is 2.83. The monoisotopic (exact) mass is 380 g/mol. The van der Waals surface area contributed by atoms with Crippen molar-refractivity contribution >= 4 is 17.1 Å². The number of piperazine rings is 1. The van der Waals surface area contributed by atoms with Crippen molar-refractivity contribution in [3.05, 3.63) is 64.2 Å². The quantitative estimate of drug-likeness (QED) is 0.621. The first-order chi connectivity index (χ1) is 13.6. The maximum Gasteiger partial charge on any atom is 0.292 e. The van der Waals surface area contributed by atoms with E-state index in [-0.39, 0.29) is 16.1 Å². The zero-order chi connectivity index (χ0) is 19.6. The molecule has 2 fully saturated rings. The molecule has 6 nitrogen and oxygen atoms in total. The molecule has 28 heavy (non-hydrogen) atoms. The van der Waals surface area contributed by atoms with Gasteiger partial charge in [0, 0.05) is 37.9 Å². The van der Waals surface area contributed by atoms with Crippen LogP contribution in [0.4, 0.5) is 17.1 Å². The molecule has 1 aliphatic heterocycles. The topological polar surface area (TPSA) is 61.7 Å². The molecule has 0 amide bonds. The number of hydrogen-bond donors (Lipinski definition) is 1. The van der Waals surface area contributed by atoms with Crippen LogP contribution in [-0.2, 0) is 5.54 Å². The molecule has 0 unspecified atom stereocenters. The van der Waals surface area contributed by atoms with Crippen LogP contribution in [0.15, 0.2) is 48.5 Å². The van der Waals surface area contributed by atoms with Crippen LogP contribution in [0.3, 0.4) is 0 Å². The summed E-state index contributed by atoms with van der Waals surface area (Å²) >= 11 is 0. The third kappa shape index (κ3) is 3.69. The Morgan fingerprint density at radius 1 is 1.00 bits per heavy atom. The fourth-order valence-corrected chi connectivity index (χ4v) is 4.52. The predicted octanol–water partition coefficient (Wildman–Crippen LogP) is 4.23. The largest absolute Gasteiger partial charge is 0.370 e. The van der Waals surface area contributed by atoms with E-state index in [1.807, 2.05) is 30.3 Å². The second kappa shape index (κ2) is 7.80. The minimum Gasteiger partial charge on any atom is -0.370 e. The molecule has 4 rings (SSSR count). The first kappa shape index (κ1) is 18.7. The van der Waals surface area contributed by atoms with Gasteiger partial charge in [-0.3, -0.25) is 10.1 Å². The summed E-state index contributed by atoms with van der Waals surface area (Å²) in [6.07, 6.45) is 4.25. The Morgan fingerprint density at radius 3 is 2.32 bits per heavy atom. The van der Waals surface area contributed by atoms with E-state index in [0.29, 0.717) is 5.69 Å². The summed E-state index contributed by atoms with van der Waals surface area (Å²) in [4.78, 5) is 16.1. The molecule has 2 aromatic carbocycles. The summed E-state index contributed by atoms with van der Waals surface area (Å²) in [5, 5.41) is 15.3. The maximum absolute atomic E-state index is 11.7. The van der Waals surface area contributed by atoms with Crippen LogP contribution in [-0.4, -0.2) is 43.0 Å². The number of likely N-dealkylation sites (N-methyl/N-ethyl adjacent to an activating group) is 1.